The first-order valence-electron chi connectivity index (χ1n) is 8.51. The van der Waals surface area contributed by atoms with E-state index in [-0.39, 0.29) is 17.6 Å². The van der Waals surface area contributed by atoms with E-state index in [4.69, 9.17) is 0 Å². The Labute approximate surface area is 157 Å². The minimum absolute atomic E-state index is 0.0131. The minimum Gasteiger partial charge on any atom is -0.335 e. The highest BCUT2D eigenvalue weighted by Gasteiger charge is 2.20. The van der Waals surface area contributed by atoms with E-state index in [0.717, 1.165) is 11.4 Å². The van der Waals surface area contributed by atoms with E-state index >= 15 is 0 Å². The van der Waals surface area contributed by atoms with Crippen molar-refractivity contribution in [3.63, 3.8) is 0 Å². The molecule has 7 heteroatoms. The number of carbonyl (C=O) groups is 1. The first kappa shape index (κ1) is 18.3. The fraction of sp³-hybridized carbons (Fsp3) is 0.200. The number of rotatable bonds is 5. The van der Waals surface area contributed by atoms with Crippen LogP contribution in [0.1, 0.15) is 34.6 Å². The number of amides is 1. The van der Waals surface area contributed by atoms with E-state index in [1.54, 1.807) is 47.1 Å². The van der Waals surface area contributed by atoms with Crippen LogP contribution < -0.4 is 0 Å². The van der Waals surface area contributed by atoms with Crippen LogP contribution in [0.4, 0.5) is 5.69 Å². The number of hydrogen-bond donors (Lipinski definition) is 0. The van der Waals surface area contributed by atoms with E-state index in [2.05, 4.69) is 5.10 Å². The number of aryl methyl sites for hydroxylation is 1. The fourth-order valence-corrected chi connectivity index (χ4v) is 2.89. The molecule has 0 N–H and O–H groups in total. The lowest BCUT2D eigenvalue weighted by Gasteiger charge is -2.25. The molecule has 1 heterocycles. The zero-order chi connectivity index (χ0) is 19.6. The van der Waals surface area contributed by atoms with Crippen molar-refractivity contribution in [3.05, 3.63) is 87.7 Å². The number of nitrogens with zero attached hydrogens (tertiary/aromatic N) is 4. The van der Waals surface area contributed by atoms with Gasteiger partial charge in [0.25, 0.3) is 11.6 Å². The van der Waals surface area contributed by atoms with Crippen LogP contribution in [0.5, 0.6) is 0 Å². The first-order valence-corrected chi connectivity index (χ1v) is 8.51. The summed E-state index contributed by atoms with van der Waals surface area (Å²) in [5.74, 6) is -0.155. The predicted molar refractivity (Wildman–Crippen MR) is 102 cm³/mol. The van der Waals surface area contributed by atoms with Crippen LogP contribution in [0.25, 0.3) is 5.69 Å². The van der Waals surface area contributed by atoms with E-state index < -0.39 is 4.92 Å². The van der Waals surface area contributed by atoms with Crippen LogP contribution in [0.3, 0.4) is 0 Å². The van der Waals surface area contributed by atoms with Gasteiger partial charge in [0.1, 0.15) is 0 Å². The van der Waals surface area contributed by atoms with Gasteiger partial charge >= 0.3 is 0 Å². The Balaban J connectivity index is 1.79. The van der Waals surface area contributed by atoms with Crippen LogP contribution >= 0.6 is 0 Å². The fourth-order valence-electron chi connectivity index (χ4n) is 2.89. The monoisotopic (exact) mass is 364 g/mol. The van der Waals surface area contributed by atoms with Gasteiger partial charge in [-0.2, -0.15) is 5.10 Å². The Hall–Kier alpha value is -3.48. The van der Waals surface area contributed by atoms with Gasteiger partial charge < -0.3 is 4.90 Å². The van der Waals surface area contributed by atoms with E-state index in [1.807, 2.05) is 32.0 Å². The number of nitro groups is 1. The molecule has 0 aliphatic heterocycles. The second-order valence-corrected chi connectivity index (χ2v) is 6.38. The van der Waals surface area contributed by atoms with Crippen molar-refractivity contribution in [1.82, 2.24) is 14.7 Å². The SMILES string of the molecule is Cc1ccnn1-c1ccc(C(=O)N(C)C(C)c2cccc([N+](=O)[O-])c2)cc1. The van der Waals surface area contributed by atoms with Gasteiger partial charge in [-0.1, -0.05) is 12.1 Å². The summed E-state index contributed by atoms with van der Waals surface area (Å²) in [5, 5.41) is 15.2. The third kappa shape index (κ3) is 3.72. The molecule has 1 unspecified atom stereocenters. The molecule has 2 aromatic carbocycles. The lowest BCUT2D eigenvalue weighted by molar-refractivity contribution is -0.384. The van der Waals surface area contributed by atoms with Crippen LogP contribution in [0.15, 0.2) is 60.8 Å². The van der Waals surface area contributed by atoms with Crippen LogP contribution in [-0.2, 0) is 0 Å². The van der Waals surface area contributed by atoms with E-state index in [0.29, 0.717) is 11.1 Å². The normalized spacial score (nSPS) is 11.8. The number of carbonyl (C=O) groups excluding carboxylic acids is 1. The van der Waals surface area contributed by atoms with Crippen molar-refractivity contribution in [2.24, 2.45) is 0 Å². The molecule has 0 fully saturated rings. The van der Waals surface area contributed by atoms with Gasteiger partial charge in [-0.15, -0.1) is 0 Å². The summed E-state index contributed by atoms with van der Waals surface area (Å²) in [7, 11) is 1.69. The van der Waals surface area contributed by atoms with Crippen LogP contribution in [0, 0.1) is 17.0 Å². The van der Waals surface area contributed by atoms with Gasteiger partial charge in [-0.3, -0.25) is 14.9 Å². The summed E-state index contributed by atoms with van der Waals surface area (Å²) >= 11 is 0. The molecule has 0 spiro atoms. The molecule has 3 rings (SSSR count). The Bertz CT molecular complexity index is 979. The molecule has 0 saturated heterocycles. The lowest BCUT2D eigenvalue weighted by Crippen LogP contribution is -2.29. The van der Waals surface area contributed by atoms with Crippen LogP contribution in [0.2, 0.25) is 0 Å². The summed E-state index contributed by atoms with van der Waals surface area (Å²) in [4.78, 5) is 24.9. The van der Waals surface area contributed by atoms with Crippen molar-refractivity contribution < 1.29 is 9.72 Å². The minimum atomic E-state index is -0.436. The van der Waals surface area contributed by atoms with Crippen molar-refractivity contribution in [2.45, 2.75) is 19.9 Å². The Morgan fingerprint density at radius 1 is 1.19 bits per heavy atom. The number of aromatic nitrogens is 2. The smallest absolute Gasteiger partial charge is 0.269 e. The highest BCUT2D eigenvalue weighted by atomic mass is 16.6. The molecule has 1 aromatic heterocycles. The molecule has 7 nitrogen and oxygen atoms in total. The van der Waals surface area contributed by atoms with Gasteiger partial charge in [0, 0.05) is 36.6 Å². The Morgan fingerprint density at radius 2 is 1.89 bits per heavy atom. The molecule has 3 aromatic rings. The maximum atomic E-state index is 12.8. The number of hydrogen-bond acceptors (Lipinski definition) is 4. The van der Waals surface area contributed by atoms with Gasteiger partial charge in [0.15, 0.2) is 0 Å². The Morgan fingerprint density at radius 3 is 2.48 bits per heavy atom. The molecular weight excluding hydrogens is 344 g/mol. The zero-order valence-corrected chi connectivity index (χ0v) is 15.4. The number of non-ortho nitro benzene ring substituents is 1. The Kier molecular flexibility index (Phi) is 5.03. The van der Waals surface area contributed by atoms with Crippen molar-refractivity contribution in [1.29, 1.82) is 0 Å². The van der Waals surface area contributed by atoms with Gasteiger partial charge in [-0.05, 0) is 49.7 Å². The third-order valence-electron chi connectivity index (χ3n) is 4.66. The summed E-state index contributed by atoms with van der Waals surface area (Å²) in [6.45, 7) is 3.80. The number of nitro benzene ring substituents is 1. The maximum Gasteiger partial charge on any atom is 0.269 e. The molecule has 0 aliphatic carbocycles. The van der Waals surface area contributed by atoms with Crippen molar-refractivity contribution >= 4 is 11.6 Å². The average molecular weight is 364 g/mol. The molecule has 0 bridgehead atoms. The summed E-state index contributed by atoms with van der Waals surface area (Å²) in [6, 6.07) is 15.2. The van der Waals surface area contributed by atoms with E-state index in [9.17, 15) is 14.9 Å². The molecule has 138 valence electrons. The van der Waals surface area contributed by atoms with Crippen molar-refractivity contribution in [3.8, 4) is 5.69 Å². The summed E-state index contributed by atoms with van der Waals surface area (Å²) in [5.41, 5.74) is 3.15. The predicted octanol–water partition coefficient (Wildman–Crippen LogP) is 3.92. The van der Waals surface area contributed by atoms with Crippen LogP contribution in [-0.4, -0.2) is 32.6 Å². The summed E-state index contributed by atoms with van der Waals surface area (Å²) < 4.78 is 1.80. The molecular formula is C20H20N4O3. The van der Waals surface area contributed by atoms with Crippen molar-refractivity contribution in [2.75, 3.05) is 7.05 Å². The zero-order valence-electron chi connectivity index (χ0n) is 15.4. The second kappa shape index (κ2) is 7.41. The topological polar surface area (TPSA) is 81.3 Å². The van der Waals surface area contributed by atoms with Gasteiger partial charge in [0.2, 0.25) is 0 Å². The quantitative estimate of drug-likeness (QED) is 0.507. The second-order valence-electron chi connectivity index (χ2n) is 6.38. The lowest BCUT2D eigenvalue weighted by atomic mass is 10.1. The maximum absolute atomic E-state index is 12.8. The molecule has 0 radical (unpaired) electrons. The number of benzene rings is 2. The molecule has 0 aliphatic rings. The molecule has 1 atom stereocenters. The molecule has 27 heavy (non-hydrogen) atoms. The highest BCUT2D eigenvalue weighted by molar-refractivity contribution is 5.94. The largest absolute Gasteiger partial charge is 0.335 e. The third-order valence-corrected chi connectivity index (χ3v) is 4.66. The standard InChI is InChI=1S/C20H20N4O3/c1-14-11-12-21-23(14)18-9-7-16(8-10-18)20(25)22(3)15(2)17-5-4-6-19(13-17)24(26)27/h4-13,15H,1-3H3. The van der Waals surface area contributed by atoms with E-state index in [1.165, 1.54) is 12.1 Å². The highest BCUT2D eigenvalue weighted by Crippen LogP contribution is 2.24. The molecule has 0 saturated carbocycles. The van der Waals surface area contributed by atoms with Gasteiger partial charge in [-0.25, -0.2) is 4.68 Å². The van der Waals surface area contributed by atoms with Gasteiger partial charge in [0.05, 0.1) is 16.7 Å². The first-order chi connectivity index (χ1) is 12.9. The summed E-state index contributed by atoms with van der Waals surface area (Å²) in [6.07, 6.45) is 1.73. The average Bonchev–Trinajstić information content (AvgIpc) is 3.12. The molecule has 1 amide bonds.